The van der Waals surface area contributed by atoms with E-state index in [2.05, 4.69) is 25.9 Å². The van der Waals surface area contributed by atoms with E-state index in [0.29, 0.717) is 17.7 Å². The predicted octanol–water partition coefficient (Wildman–Crippen LogP) is -0.712. The van der Waals surface area contributed by atoms with Crippen LogP contribution in [0.2, 0.25) is 0 Å². The maximum absolute atomic E-state index is 13.4. The third-order valence-electron chi connectivity index (χ3n) is 6.13. The molecule has 9 N–H and O–H groups in total. The molecule has 39 heavy (non-hydrogen) atoms. The van der Waals surface area contributed by atoms with Crippen molar-refractivity contribution >= 4 is 29.7 Å². The van der Waals surface area contributed by atoms with E-state index in [1.165, 1.54) is 24.7 Å². The molecule has 2 aromatic rings. The molecule has 5 unspecified atom stereocenters. The van der Waals surface area contributed by atoms with Crippen LogP contribution in [0.15, 0.2) is 36.8 Å². The number of benzene rings is 1. The molecule has 0 bridgehead atoms. The van der Waals surface area contributed by atoms with Gasteiger partial charge in [-0.1, -0.05) is 32.4 Å². The second kappa shape index (κ2) is 14.5. The molecule has 3 amide bonds. The number of nitrogens with zero attached hydrogens (tertiary/aromatic N) is 1. The van der Waals surface area contributed by atoms with E-state index in [-0.39, 0.29) is 18.6 Å². The number of nitrogens with two attached hydrogens (primary N) is 1. The molecule has 212 valence electrons. The van der Waals surface area contributed by atoms with Crippen molar-refractivity contribution in [1.29, 1.82) is 0 Å². The zero-order chi connectivity index (χ0) is 29.1. The van der Waals surface area contributed by atoms with Gasteiger partial charge in [-0.25, -0.2) is 9.78 Å². The van der Waals surface area contributed by atoms with Crippen LogP contribution in [0.3, 0.4) is 0 Å². The van der Waals surface area contributed by atoms with Crippen LogP contribution in [0.1, 0.15) is 37.9 Å². The zero-order valence-electron chi connectivity index (χ0n) is 21.6. The molecule has 14 nitrogen and oxygen atoms in total. The summed E-state index contributed by atoms with van der Waals surface area (Å²) < 4.78 is 0. The van der Waals surface area contributed by atoms with Gasteiger partial charge >= 0.3 is 11.9 Å². The summed E-state index contributed by atoms with van der Waals surface area (Å²) in [4.78, 5) is 68.4. The van der Waals surface area contributed by atoms with Gasteiger partial charge in [-0.05, 0) is 23.6 Å². The van der Waals surface area contributed by atoms with Crippen LogP contribution >= 0.6 is 0 Å². The Balaban J connectivity index is 2.24. The van der Waals surface area contributed by atoms with E-state index in [4.69, 9.17) is 10.8 Å². The number of phenols is 1. The Morgan fingerprint density at radius 2 is 1.59 bits per heavy atom. The number of carboxylic acid groups (broad SMARTS) is 2. The smallest absolute Gasteiger partial charge is 0.326 e. The minimum absolute atomic E-state index is 0.00761. The summed E-state index contributed by atoms with van der Waals surface area (Å²) in [6, 6.07) is 0.816. The molecule has 0 aliphatic carbocycles. The average molecular weight is 547 g/mol. The number of aromatic nitrogens is 2. The maximum Gasteiger partial charge on any atom is 0.326 e. The Morgan fingerprint density at radius 3 is 2.13 bits per heavy atom. The first kappa shape index (κ1) is 30.8. The second-order valence-electron chi connectivity index (χ2n) is 9.19. The van der Waals surface area contributed by atoms with Gasteiger partial charge in [0.2, 0.25) is 17.7 Å². The van der Waals surface area contributed by atoms with Crippen molar-refractivity contribution in [3.05, 3.63) is 48.0 Å². The van der Waals surface area contributed by atoms with Gasteiger partial charge in [-0.15, -0.1) is 0 Å². The van der Waals surface area contributed by atoms with Crippen molar-refractivity contribution in [2.45, 2.75) is 63.7 Å². The summed E-state index contributed by atoms with van der Waals surface area (Å²) in [6.07, 6.45) is 2.62. The van der Waals surface area contributed by atoms with Crippen LogP contribution in [0.25, 0.3) is 0 Å². The highest BCUT2D eigenvalue weighted by atomic mass is 16.4. The van der Waals surface area contributed by atoms with Gasteiger partial charge in [0.05, 0.1) is 18.8 Å². The fraction of sp³-hybridized carbons (Fsp3) is 0.440. The van der Waals surface area contributed by atoms with E-state index < -0.39 is 66.2 Å². The van der Waals surface area contributed by atoms with Gasteiger partial charge in [-0.2, -0.15) is 0 Å². The van der Waals surface area contributed by atoms with E-state index in [0.717, 1.165) is 0 Å². The van der Waals surface area contributed by atoms with E-state index in [1.54, 1.807) is 26.0 Å². The van der Waals surface area contributed by atoms with Crippen molar-refractivity contribution in [2.75, 3.05) is 0 Å². The summed E-state index contributed by atoms with van der Waals surface area (Å²) in [6.45, 7) is 3.42. The highest BCUT2D eigenvalue weighted by molar-refractivity contribution is 5.95. The predicted molar refractivity (Wildman–Crippen MR) is 137 cm³/mol. The van der Waals surface area contributed by atoms with Crippen molar-refractivity contribution < 1.29 is 39.3 Å². The number of H-pyrrole nitrogens is 1. The summed E-state index contributed by atoms with van der Waals surface area (Å²) in [7, 11) is 0. The zero-order valence-corrected chi connectivity index (χ0v) is 21.6. The van der Waals surface area contributed by atoms with E-state index in [1.807, 2.05) is 0 Å². The number of aromatic amines is 1. The molecule has 0 fully saturated rings. The molecule has 2 rings (SSSR count). The molecule has 0 saturated heterocycles. The minimum atomic E-state index is -1.70. The number of hydrogen-bond acceptors (Lipinski definition) is 8. The van der Waals surface area contributed by atoms with Crippen LogP contribution < -0.4 is 21.7 Å². The number of nitrogens with one attached hydrogen (secondary N) is 4. The lowest BCUT2D eigenvalue weighted by molar-refractivity contribution is -0.147. The number of imidazole rings is 1. The Hall–Kier alpha value is -4.46. The standard InChI is InChI=1S/C25H34N6O8/c1-3-13(2)21(24(37)30-19(25(38)39)10-20(33)34)31-23(36)18(8-14-4-6-16(32)7-5-14)29-22(35)17(26)9-15-11-27-12-28-15/h4-7,11-13,17-19,21,32H,3,8-10,26H2,1-2H3,(H,27,28)(H,29,35)(H,30,37)(H,31,36)(H,33,34)(H,38,39). The average Bonchev–Trinajstić information content (AvgIpc) is 3.39. The van der Waals surface area contributed by atoms with Crippen molar-refractivity contribution in [3.8, 4) is 5.75 Å². The van der Waals surface area contributed by atoms with Gasteiger partial charge < -0.3 is 42.0 Å². The maximum atomic E-state index is 13.4. The first-order valence-corrected chi connectivity index (χ1v) is 12.3. The minimum Gasteiger partial charge on any atom is -0.508 e. The Labute approximate surface area is 224 Å². The lowest BCUT2D eigenvalue weighted by Crippen LogP contribution is -2.59. The molecule has 14 heteroatoms. The third kappa shape index (κ3) is 9.74. The molecular formula is C25H34N6O8. The fourth-order valence-electron chi connectivity index (χ4n) is 3.67. The summed E-state index contributed by atoms with van der Waals surface area (Å²) in [5.41, 5.74) is 7.22. The largest absolute Gasteiger partial charge is 0.508 e. The van der Waals surface area contributed by atoms with Gasteiger partial charge in [0.15, 0.2) is 0 Å². The molecule has 0 aliphatic rings. The lowest BCUT2D eigenvalue weighted by Gasteiger charge is -2.28. The summed E-state index contributed by atoms with van der Waals surface area (Å²) in [5.74, 6) is -5.68. The Morgan fingerprint density at radius 1 is 0.949 bits per heavy atom. The number of carbonyl (C=O) groups excluding carboxylic acids is 3. The molecule has 0 saturated carbocycles. The van der Waals surface area contributed by atoms with Crippen LogP contribution in [0.4, 0.5) is 0 Å². The number of carbonyl (C=O) groups is 5. The molecule has 5 atom stereocenters. The lowest BCUT2D eigenvalue weighted by atomic mass is 9.96. The third-order valence-corrected chi connectivity index (χ3v) is 6.13. The fourth-order valence-corrected chi connectivity index (χ4v) is 3.67. The van der Waals surface area contributed by atoms with Gasteiger partial charge in [0.1, 0.15) is 23.9 Å². The van der Waals surface area contributed by atoms with Crippen LogP contribution in [-0.2, 0) is 36.8 Å². The van der Waals surface area contributed by atoms with Gasteiger partial charge in [-0.3, -0.25) is 19.2 Å². The normalized spacial score (nSPS) is 14.7. The quantitative estimate of drug-likeness (QED) is 0.140. The molecule has 0 spiro atoms. The first-order valence-electron chi connectivity index (χ1n) is 12.3. The number of aromatic hydroxyl groups is 1. The van der Waals surface area contributed by atoms with E-state index >= 15 is 0 Å². The first-order chi connectivity index (χ1) is 18.4. The molecule has 1 aromatic carbocycles. The number of phenolic OH excluding ortho intramolecular Hbond substituents is 1. The molecule has 1 heterocycles. The number of rotatable bonds is 15. The van der Waals surface area contributed by atoms with Crippen LogP contribution in [0, 0.1) is 5.92 Å². The molecular weight excluding hydrogens is 512 g/mol. The number of aliphatic carboxylic acids is 2. The van der Waals surface area contributed by atoms with Crippen molar-refractivity contribution in [2.24, 2.45) is 11.7 Å². The Bertz CT molecular complexity index is 1140. The highest BCUT2D eigenvalue weighted by Crippen LogP contribution is 2.14. The Kier molecular flexibility index (Phi) is 11.4. The topological polar surface area (TPSA) is 237 Å². The number of hydrogen-bond donors (Lipinski definition) is 8. The van der Waals surface area contributed by atoms with Crippen LogP contribution in [0.5, 0.6) is 5.75 Å². The van der Waals surface area contributed by atoms with E-state index in [9.17, 15) is 34.2 Å². The monoisotopic (exact) mass is 546 g/mol. The van der Waals surface area contributed by atoms with Gasteiger partial charge in [0, 0.05) is 24.7 Å². The summed E-state index contributed by atoms with van der Waals surface area (Å²) in [5, 5.41) is 35.2. The van der Waals surface area contributed by atoms with Gasteiger partial charge in [0.25, 0.3) is 0 Å². The molecule has 1 aromatic heterocycles. The molecule has 0 radical (unpaired) electrons. The number of amides is 3. The van der Waals surface area contributed by atoms with Crippen LogP contribution in [-0.4, -0.2) is 79.1 Å². The van der Waals surface area contributed by atoms with Crippen molar-refractivity contribution in [1.82, 2.24) is 25.9 Å². The molecule has 0 aliphatic heterocycles. The SMILES string of the molecule is CCC(C)C(NC(=O)C(Cc1ccc(O)cc1)NC(=O)C(N)Cc1cnc[nH]1)C(=O)NC(CC(=O)O)C(=O)O. The highest BCUT2D eigenvalue weighted by Gasteiger charge is 2.33. The number of carboxylic acids is 2. The summed E-state index contributed by atoms with van der Waals surface area (Å²) >= 11 is 0. The second-order valence-corrected chi connectivity index (χ2v) is 9.19. The van der Waals surface area contributed by atoms with Crippen molar-refractivity contribution in [3.63, 3.8) is 0 Å².